The smallest absolute Gasteiger partial charge is 0.285 e. The van der Waals surface area contributed by atoms with E-state index >= 15 is 0 Å². The number of hydrogen-bond donors (Lipinski definition) is 1. The van der Waals surface area contributed by atoms with E-state index in [0.717, 1.165) is 18.4 Å². The van der Waals surface area contributed by atoms with E-state index in [1.807, 2.05) is 34.2 Å². The van der Waals surface area contributed by atoms with E-state index in [1.165, 1.54) is 16.5 Å². The molecule has 1 N–H and O–H groups in total. The van der Waals surface area contributed by atoms with Gasteiger partial charge in [0.1, 0.15) is 10.9 Å². The minimum absolute atomic E-state index is 0.0474. The molecule has 0 spiro atoms. The second-order valence-electron chi connectivity index (χ2n) is 8.75. The summed E-state index contributed by atoms with van der Waals surface area (Å²) < 4.78 is 29.1. The number of benzene rings is 2. The van der Waals surface area contributed by atoms with Crippen LogP contribution in [0.25, 0.3) is 16.5 Å². The molecule has 1 atom stereocenters. The van der Waals surface area contributed by atoms with Gasteiger partial charge in [-0.05, 0) is 43.0 Å². The molecule has 4 heterocycles. The summed E-state index contributed by atoms with van der Waals surface area (Å²) in [6, 6.07) is 14.7. The summed E-state index contributed by atoms with van der Waals surface area (Å²) in [6.45, 7) is 1.83. The number of rotatable bonds is 2. The second kappa shape index (κ2) is 7.59. The maximum Gasteiger partial charge on any atom is 0.285 e. The van der Waals surface area contributed by atoms with Crippen LogP contribution in [-0.4, -0.2) is 60.6 Å². The van der Waals surface area contributed by atoms with Gasteiger partial charge in [0, 0.05) is 47.9 Å². The SMILES string of the molecule is O=C([C@@H]1CCCN1C1=NS(=O)(=O)c2ccccc21)N1CC=C(c2c[nH]c3ccccc23)CC1. The third-order valence-electron chi connectivity index (χ3n) is 6.88. The predicted molar refractivity (Wildman–Crippen MR) is 127 cm³/mol. The Morgan fingerprint density at radius 1 is 1.03 bits per heavy atom. The quantitative estimate of drug-likeness (QED) is 0.635. The highest BCUT2D eigenvalue weighted by Crippen LogP contribution is 2.33. The van der Waals surface area contributed by atoms with Crippen molar-refractivity contribution in [2.24, 2.45) is 4.40 Å². The summed E-state index contributed by atoms with van der Waals surface area (Å²) in [5.41, 5.74) is 4.15. The Labute approximate surface area is 192 Å². The van der Waals surface area contributed by atoms with Crippen molar-refractivity contribution in [3.05, 3.63) is 71.9 Å². The molecule has 3 aliphatic heterocycles. The molecule has 0 saturated carbocycles. The molecular weight excluding hydrogens is 436 g/mol. The van der Waals surface area contributed by atoms with Crippen LogP contribution in [0, 0.1) is 0 Å². The van der Waals surface area contributed by atoms with Crippen molar-refractivity contribution in [2.75, 3.05) is 19.6 Å². The lowest BCUT2D eigenvalue weighted by atomic mass is 9.98. The molecule has 1 fully saturated rings. The maximum absolute atomic E-state index is 13.5. The Bertz CT molecular complexity index is 1440. The molecule has 168 valence electrons. The number of hydrogen-bond acceptors (Lipinski definition) is 4. The van der Waals surface area contributed by atoms with Gasteiger partial charge in [0.2, 0.25) is 5.91 Å². The number of aromatic nitrogens is 1. The van der Waals surface area contributed by atoms with E-state index in [2.05, 4.69) is 27.6 Å². The fraction of sp³-hybridized carbons (Fsp3) is 0.280. The zero-order chi connectivity index (χ0) is 22.6. The van der Waals surface area contributed by atoms with Crippen molar-refractivity contribution in [2.45, 2.75) is 30.2 Å². The van der Waals surface area contributed by atoms with Gasteiger partial charge in [-0.15, -0.1) is 4.40 Å². The Kier molecular flexibility index (Phi) is 4.65. The number of H-pyrrole nitrogens is 1. The predicted octanol–water partition coefficient (Wildman–Crippen LogP) is 3.40. The van der Waals surface area contributed by atoms with E-state index in [1.54, 1.807) is 18.2 Å². The molecule has 1 aromatic heterocycles. The van der Waals surface area contributed by atoms with Crippen LogP contribution in [0.4, 0.5) is 0 Å². The lowest BCUT2D eigenvalue weighted by molar-refractivity contribution is -0.134. The number of sulfonamides is 1. The van der Waals surface area contributed by atoms with Crippen molar-refractivity contribution in [1.29, 1.82) is 0 Å². The minimum atomic E-state index is -3.71. The number of amides is 1. The summed E-state index contributed by atoms with van der Waals surface area (Å²) in [7, 11) is -3.71. The van der Waals surface area contributed by atoms with Crippen molar-refractivity contribution in [1.82, 2.24) is 14.8 Å². The Morgan fingerprint density at radius 3 is 2.70 bits per heavy atom. The number of likely N-dealkylation sites (tertiary alicyclic amines) is 1. The molecule has 0 radical (unpaired) electrons. The number of carbonyl (C=O) groups is 1. The highest BCUT2D eigenvalue weighted by atomic mass is 32.2. The normalized spacial score (nSPS) is 21.8. The van der Waals surface area contributed by atoms with Gasteiger partial charge in [0.15, 0.2) is 5.84 Å². The average Bonchev–Trinajstić information content (AvgIpc) is 3.55. The zero-order valence-corrected chi connectivity index (χ0v) is 18.9. The summed E-state index contributed by atoms with van der Waals surface area (Å²) in [5, 5.41) is 1.20. The van der Waals surface area contributed by atoms with E-state index in [-0.39, 0.29) is 16.8 Å². The van der Waals surface area contributed by atoms with Crippen LogP contribution in [0.15, 0.2) is 70.1 Å². The standard InChI is InChI=1S/C25H24N4O3S/c30-25(28-14-11-17(12-15-28)20-16-26-21-8-3-1-6-18(20)21)22-9-5-13-29(22)24-19-7-2-4-10-23(19)33(31,32)27-24/h1-4,6-8,10-11,16,22,26H,5,9,12-15H2/t22-/m0/s1. The first-order valence-electron chi connectivity index (χ1n) is 11.3. The van der Waals surface area contributed by atoms with Gasteiger partial charge in [0.05, 0.1) is 0 Å². The molecule has 0 aliphatic carbocycles. The number of aromatic amines is 1. The molecular formula is C25H24N4O3S. The number of carbonyl (C=O) groups excluding carboxylic acids is 1. The van der Waals surface area contributed by atoms with Crippen LogP contribution in [-0.2, 0) is 14.8 Å². The first kappa shape index (κ1) is 20.2. The highest BCUT2D eigenvalue weighted by Gasteiger charge is 2.40. The monoisotopic (exact) mass is 460 g/mol. The van der Waals surface area contributed by atoms with E-state index in [4.69, 9.17) is 0 Å². The van der Waals surface area contributed by atoms with Crippen molar-refractivity contribution < 1.29 is 13.2 Å². The molecule has 0 unspecified atom stereocenters. The van der Waals surface area contributed by atoms with Gasteiger partial charge >= 0.3 is 0 Å². The topological polar surface area (TPSA) is 85.8 Å². The lowest BCUT2D eigenvalue weighted by Crippen LogP contribution is -2.48. The van der Waals surface area contributed by atoms with Gasteiger partial charge in [-0.1, -0.05) is 36.4 Å². The fourth-order valence-corrected chi connectivity index (χ4v) is 6.45. The van der Waals surface area contributed by atoms with Gasteiger partial charge in [0.25, 0.3) is 10.0 Å². The van der Waals surface area contributed by atoms with Crippen LogP contribution >= 0.6 is 0 Å². The fourth-order valence-electron chi connectivity index (χ4n) is 5.23. The van der Waals surface area contributed by atoms with Crippen LogP contribution < -0.4 is 0 Å². The molecule has 2 aromatic carbocycles. The zero-order valence-electron chi connectivity index (χ0n) is 18.1. The molecule has 0 bridgehead atoms. The van der Waals surface area contributed by atoms with Gasteiger partial charge < -0.3 is 14.8 Å². The van der Waals surface area contributed by atoms with E-state index < -0.39 is 10.0 Å². The first-order valence-corrected chi connectivity index (χ1v) is 12.7. The van der Waals surface area contributed by atoms with E-state index in [9.17, 15) is 13.2 Å². The Hall–Kier alpha value is -3.39. The number of para-hydroxylation sites is 1. The molecule has 33 heavy (non-hydrogen) atoms. The average molecular weight is 461 g/mol. The second-order valence-corrected chi connectivity index (χ2v) is 10.3. The van der Waals surface area contributed by atoms with Crippen LogP contribution in [0.2, 0.25) is 0 Å². The molecule has 8 heteroatoms. The number of nitrogens with zero attached hydrogens (tertiary/aromatic N) is 3. The maximum atomic E-state index is 13.5. The van der Waals surface area contributed by atoms with Gasteiger partial charge in [-0.2, -0.15) is 8.42 Å². The van der Waals surface area contributed by atoms with Gasteiger partial charge in [-0.25, -0.2) is 0 Å². The van der Waals surface area contributed by atoms with Crippen molar-refractivity contribution in [3.8, 4) is 0 Å². The lowest BCUT2D eigenvalue weighted by Gasteiger charge is -2.33. The summed E-state index contributed by atoms with van der Waals surface area (Å²) in [6.07, 6.45) is 6.52. The van der Waals surface area contributed by atoms with Crippen LogP contribution in [0.1, 0.15) is 30.4 Å². The van der Waals surface area contributed by atoms with Crippen molar-refractivity contribution >= 4 is 38.2 Å². The molecule has 7 nitrogen and oxygen atoms in total. The molecule has 1 amide bonds. The van der Waals surface area contributed by atoms with Crippen LogP contribution in [0.5, 0.6) is 0 Å². The minimum Gasteiger partial charge on any atom is -0.361 e. The number of nitrogens with one attached hydrogen (secondary N) is 1. The van der Waals surface area contributed by atoms with E-state index in [0.29, 0.717) is 37.5 Å². The number of amidine groups is 1. The largest absolute Gasteiger partial charge is 0.361 e. The Morgan fingerprint density at radius 2 is 1.85 bits per heavy atom. The molecule has 6 rings (SSSR count). The summed E-state index contributed by atoms with van der Waals surface area (Å²) in [5.74, 6) is 0.458. The molecule has 3 aromatic rings. The Balaban J connectivity index is 1.23. The molecule has 1 saturated heterocycles. The number of fused-ring (bicyclic) bond motifs is 2. The van der Waals surface area contributed by atoms with Crippen molar-refractivity contribution in [3.63, 3.8) is 0 Å². The summed E-state index contributed by atoms with van der Waals surface area (Å²) in [4.78, 5) is 20.8. The van der Waals surface area contributed by atoms with Gasteiger partial charge in [-0.3, -0.25) is 4.79 Å². The molecule has 3 aliphatic rings. The van der Waals surface area contributed by atoms with Crippen LogP contribution in [0.3, 0.4) is 0 Å². The highest BCUT2D eigenvalue weighted by molar-refractivity contribution is 7.90. The summed E-state index contributed by atoms with van der Waals surface area (Å²) >= 11 is 0. The third kappa shape index (κ3) is 3.28. The third-order valence-corrected chi connectivity index (χ3v) is 8.20. The first-order chi connectivity index (χ1) is 16.0.